The SMILES string of the molecule is C[C@H](NC(=O)OC[C@@H]1CO[C@H](COc2c(F)cccc2NC(=O)[C@@H](N)C(c2ccc(F)cc2)c2ccc(F)cc2)CN1)c1ccc(F)cc1. The van der Waals surface area contributed by atoms with Crippen molar-refractivity contribution in [2.24, 2.45) is 5.73 Å². The number of halogens is 4. The third kappa shape index (κ3) is 9.56. The van der Waals surface area contributed by atoms with Gasteiger partial charge in [-0.25, -0.2) is 22.4 Å². The molecule has 1 aliphatic rings. The third-order valence-corrected chi connectivity index (χ3v) is 8.05. The van der Waals surface area contributed by atoms with Crippen molar-refractivity contribution >= 4 is 17.7 Å². The predicted molar refractivity (Wildman–Crippen MR) is 174 cm³/mol. The molecule has 4 aromatic rings. The number of carbonyl (C=O) groups is 2. The first-order valence-corrected chi connectivity index (χ1v) is 15.6. The van der Waals surface area contributed by atoms with E-state index in [0.717, 1.165) is 5.56 Å². The summed E-state index contributed by atoms with van der Waals surface area (Å²) in [6.07, 6.45) is -1.13. The smallest absolute Gasteiger partial charge is 0.407 e. The van der Waals surface area contributed by atoms with Crippen LogP contribution in [0.3, 0.4) is 0 Å². The van der Waals surface area contributed by atoms with Gasteiger partial charge in [0.05, 0.1) is 30.4 Å². The molecular formula is C36H36F4N4O5. The van der Waals surface area contributed by atoms with Gasteiger partial charge in [0.2, 0.25) is 5.91 Å². The number of amides is 2. The molecule has 0 aliphatic carbocycles. The number of hydrogen-bond acceptors (Lipinski definition) is 7. The lowest BCUT2D eigenvalue weighted by Gasteiger charge is -2.30. The molecule has 2 amide bonds. The monoisotopic (exact) mass is 680 g/mol. The van der Waals surface area contributed by atoms with Crippen molar-refractivity contribution in [2.75, 3.05) is 31.7 Å². The summed E-state index contributed by atoms with van der Waals surface area (Å²) in [4.78, 5) is 25.7. The van der Waals surface area contributed by atoms with Gasteiger partial charge in [-0.2, -0.15) is 0 Å². The molecule has 13 heteroatoms. The van der Waals surface area contributed by atoms with Gasteiger partial charge in [-0.3, -0.25) is 4.79 Å². The van der Waals surface area contributed by atoms with Crippen molar-refractivity contribution in [3.63, 3.8) is 0 Å². The minimum atomic E-state index is -1.23. The maximum absolute atomic E-state index is 15.0. The number of ether oxygens (including phenoxy) is 3. The molecule has 1 aliphatic heterocycles. The molecular weight excluding hydrogens is 644 g/mol. The zero-order chi connectivity index (χ0) is 34.9. The number of nitrogens with one attached hydrogen (secondary N) is 3. The second-order valence-corrected chi connectivity index (χ2v) is 11.6. The number of morpholine rings is 1. The quantitative estimate of drug-likeness (QED) is 0.145. The first-order valence-electron chi connectivity index (χ1n) is 15.6. The predicted octanol–water partition coefficient (Wildman–Crippen LogP) is 5.56. The van der Waals surface area contributed by atoms with Crippen molar-refractivity contribution in [1.29, 1.82) is 0 Å². The van der Waals surface area contributed by atoms with E-state index in [2.05, 4.69) is 16.0 Å². The number of alkyl carbamates (subject to hydrolysis) is 1. The van der Waals surface area contributed by atoms with Gasteiger partial charge in [0.15, 0.2) is 11.6 Å². The maximum atomic E-state index is 15.0. The number of carbonyl (C=O) groups excluding carboxylic acids is 2. The van der Waals surface area contributed by atoms with Crippen LogP contribution in [0.15, 0.2) is 91.0 Å². The van der Waals surface area contributed by atoms with Crippen molar-refractivity contribution < 1.29 is 41.4 Å². The Bertz CT molecular complexity index is 1660. The van der Waals surface area contributed by atoms with Crippen molar-refractivity contribution in [3.8, 4) is 5.75 Å². The maximum Gasteiger partial charge on any atom is 0.407 e. The Hall–Kier alpha value is -4.98. The molecule has 0 unspecified atom stereocenters. The molecule has 9 nitrogen and oxygen atoms in total. The van der Waals surface area contributed by atoms with E-state index < -0.39 is 47.5 Å². The van der Waals surface area contributed by atoms with Crippen LogP contribution in [0.1, 0.15) is 35.6 Å². The fourth-order valence-electron chi connectivity index (χ4n) is 5.36. The molecule has 258 valence electrons. The van der Waals surface area contributed by atoms with E-state index in [4.69, 9.17) is 19.9 Å². The highest BCUT2D eigenvalue weighted by molar-refractivity contribution is 5.97. The summed E-state index contributed by atoms with van der Waals surface area (Å²) in [6, 6.07) is 18.8. The van der Waals surface area contributed by atoms with Crippen LogP contribution in [0.2, 0.25) is 0 Å². The minimum absolute atomic E-state index is 0.0239. The zero-order valence-electron chi connectivity index (χ0n) is 26.5. The molecule has 49 heavy (non-hydrogen) atoms. The fraction of sp³-hybridized carbons (Fsp3) is 0.278. The van der Waals surface area contributed by atoms with Crippen LogP contribution >= 0.6 is 0 Å². The summed E-state index contributed by atoms with van der Waals surface area (Å²) in [5.74, 6) is -3.71. The molecule has 1 heterocycles. The van der Waals surface area contributed by atoms with E-state index in [1.807, 2.05) is 0 Å². The Kier molecular flexibility index (Phi) is 11.8. The van der Waals surface area contributed by atoms with Crippen LogP contribution in [-0.2, 0) is 14.3 Å². The van der Waals surface area contributed by atoms with Crippen LogP contribution in [-0.4, -0.2) is 56.6 Å². The van der Waals surface area contributed by atoms with Crippen molar-refractivity contribution in [3.05, 3.63) is 131 Å². The second kappa shape index (κ2) is 16.4. The van der Waals surface area contributed by atoms with Crippen LogP contribution in [0.25, 0.3) is 0 Å². The van der Waals surface area contributed by atoms with Gasteiger partial charge in [-0.1, -0.05) is 42.5 Å². The molecule has 0 spiro atoms. The topological polar surface area (TPSA) is 124 Å². The minimum Gasteiger partial charge on any atom is -0.486 e. The van der Waals surface area contributed by atoms with E-state index in [9.17, 15) is 27.2 Å². The summed E-state index contributed by atoms with van der Waals surface area (Å²) >= 11 is 0. The highest BCUT2D eigenvalue weighted by atomic mass is 19.1. The number of rotatable bonds is 12. The Morgan fingerprint density at radius 2 is 1.43 bits per heavy atom. The summed E-state index contributed by atoms with van der Waals surface area (Å²) in [6.45, 7) is 2.19. The normalized spacial score (nSPS) is 17.2. The third-order valence-electron chi connectivity index (χ3n) is 8.05. The Balaban J connectivity index is 1.14. The number of hydrogen-bond donors (Lipinski definition) is 4. The van der Waals surface area contributed by atoms with Crippen LogP contribution in [0.5, 0.6) is 5.75 Å². The molecule has 0 saturated carbocycles. The van der Waals surface area contributed by atoms with Crippen molar-refractivity contribution in [1.82, 2.24) is 10.6 Å². The van der Waals surface area contributed by atoms with Crippen LogP contribution in [0.4, 0.5) is 28.0 Å². The van der Waals surface area contributed by atoms with E-state index in [1.54, 1.807) is 19.1 Å². The van der Waals surface area contributed by atoms with Gasteiger partial charge < -0.3 is 35.9 Å². The van der Waals surface area contributed by atoms with Gasteiger partial charge in [0.25, 0.3) is 0 Å². The first-order chi connectivity index (χ1) is 23.6. The van der Waals surface area contributed by atoms with Gasteiger partial charge in [0.1, 0.15) is 36.8 Å². The Labute approximate surface area is 280 Å². The first kappa shape index (κ1) is 35.3. The number of para-hydroxylation sites is 1. The summed E-state index contributed by atoms with van der Waals surface area (Å²) in [7, 11) is 0. The number of anilines is 1. The largest absolute Gasteiger partial charge is 0.486 e. The Morgan fingerprint density at radius 3 is 1.98 bits per heavy atom. The number of nitrogens with two attached hydrogens (primary N) is 1. The van der Waals surface area contributed by atoms with Gasteiger partial charge >= 0.3 is 6.09 Å². The highest BCUT2D eigenvalue weighted by Crippen LogP contribution is 2.32. The lowest BCUT2D eigenvalue weighted by molar-refractivity contribution is -0.117. The summed E-state index contributed by atoms with van der Waals surface area (Å²) in [5, 5.41) is 8.53. The molecule has 0 radical (unpaired) electrons. The van der Waals surface area contributed by atoms with E-state index in [0.29, 0.717) is 17.7 Å². The molecule has 5 rings (SSSR count). The zero-order valence-corrected chi connectivity index (χ0v) is 26.5. The molecule has 1 fully saturated rings. The van der Waals surface area contributed by atoms with Gasteiger partial charge in [-0.05, 0) is 72.1 Å². The summed E-state index contributed by atoms with van der Waals surface area (Å²) < 4.78 is 72.4. The Morgan fingerprint density at radius 1 is 0.857 bits per heavy atom. The van der Waals surface area contributed by atoms with Crippen LogP contribution in [0, 0.1) is 23.3 Å². The van der Waals surface area contributed by atoms with Crippen molar-refractivity contribution in [2.45, 2.75) is 37.1 Å². The van der Waals surface area contributed by atoms with E-state index >= 15 is 0 Å². The van der Waals surface area contributed by atoms with E-state index in [-0.39, 0.29) is 49.2 Å². The summed E-state index contributed by atoms with van der Waals surface area (Å²) in [5.41, 5.74) is 8.24. The molecule has 0 bridgehead atoms. The fourth-order valence-corrected chi connectivity index (χ4v) is 5.36. The number of benzene rings is 4. The average molecular weight is 681 g/mol. The highest BCUT2D eigenvalue weighted by Gasteiger charge is 2.30. The lowest BCUT2D eigenvalue weighted by Crippen LogP contribution is -2.51. The molecule has 0 aromatic heterocycles. The van der Waals surface area contributed by atoms with E-state index in [1.165, 1.54) is 78.9 Å². The molecule has 1 saturated heterocycles. The van der Waals surface area contributed by atoms with Gasteiger partial charge in [0, 0.05) is 12.5 Å². The lowest BCUT2D eigenvalue weighted by atomic mass is 9.85. The van der Waals surface area contributed by atoms with Gasteiger partial charge in [-0.15, -0.1) is 0 Å². The second-order valence-electron chi connectivity index (χ2n) is 11.6. The average Bonchev–Trinajstić information content (AvgIpc) is 3.09. The van der Waals surface area contributed by atoms with Crippen LogP contribution < -0.4 is 26.4 Å². The molecule has 4 aromatic carbocycles. The standard InChI is InChI=1S/C36H36F4N4O5/c1-21(22-5-11-25(37)12-6-22)43-36(46)49-19-28-18-47-29(17-42-28)20-48-34-30(40)3-2-4-31(34)44-35(45)33(41)32(23-7-13-26(38)14-8-23)24-9-15-27(39)16-10-24/h2-16,21,28-29,32-33,42H,17-20,41H2,1H3,(H,43,46)(H,44,45)/t21-,28-,29-,33-/m0/s1. The molecule has 4 atom stereocenters. The molecule has 5 N–H and O–H groups in total.